The minimum atomic E-state index is -0.429. The van der Waals surface area contributed by atoms with Gasteiger partial charge < -0.3 is 18.9 Å². The Hall–Kier alpha value is -1.01. The zero-order valence-electron chi connectivity index (χ0n) is 17.5. The molecule has 2 aliphatic heterocycles. The fraction of sp³-hybridized carbons (Fsp3) is 0.850. The summed E-state index contributed by atoms with van der Waals surface area (Å²) in [5.74, 6) is 2.17. The monoisotopic (exact) mass is 363 g/mol. The summed E-state index contributed by atoms with van der Waals surface area (Å²) >= 11 is 0. The van der Waals surface area contributed by atoms with E-state index < -0.39 is 5.60 Å². The first-order chi connectivity index (χ1) is 11.8. The van der Waals surface area contributed by atoms with Crippen molar-refractivity contribution in [1.82, 2.24) is 4.90 Å². The molecule has 1 aliphatic carbocycles. The van der Waals surface area contributed by atoms with E-state index in [4.69, 9.17) is 14.0 Å². The smallest absolute Gasteiger partial charge is 0.444 e. The zero-order valence-corrected chi connectivity index (χ0v) is 17.5. The van der Waals surface area contributed by atoms with Gasteiger partial charge in [0.25, 0.3) is 0 Å². The van der Waals surface area contributed by atoms with E-state index >= 15 is 0 Å². The van der Waals surface area contributed by atoms with Crippen molar-refractivity contribution in [2.45, 2.75) is 91.0 Å². The van der Waals surface area contributed by atoms with Crippen LogP contribution in [0.1, 0.15) is 74.1 Å². The van der Waals surface area contributed by atoms with Crippen molar-refractivity contribution < 1.29 is 18.8 Å². The number of allylic oxidation sites excluding steroid dienone is 1. The van der Waals surface area contributed by atoms with Crippen LogP contribution < -0.4 is 0 Å². The Morgan fingerprint density at radius 1 is 1.08 bits per heavy atom. The second-order valence-electron chi connectivity index (χ2n) is 10.3. The number of carbonyl (C=O) groups excluding carboxylic acids is 1. The molecule has 0 aromatic rings. The second-order valence-corrected chi connectivity index (χ2v) is 10.3. The number of rotatable bonds is 1. The van der Waals surface area contributed by atoms with Gasteiger partial charge in [-0.1, -0.05) is 11.5 Å². The van der Waals surface area contributed by atoms with Gasteiger partial charge in [-0.05, 0) is 79.6 Å². The minimum absolute atomic E-state index is 0.181. The van der Waals surface area contributed by atoms with Gasteiger partial charge in [-0.3, -0.25) is 0 Å². The first kappa shape index (κ1) is 19.7. The van der Waals surface area contributed by atoms with E-state index in [0.717, 1.165) is 38.8 Å². The van der Waals surface area contributed by atoms with Crippen LogP contribution in [0.2, 0.25) is 0 Å². The summed E-state index contributed by atoms with van der Waals surface area (Å²) in [4.78, 5) is 14.1. The third-order valence-electron chi connectivity index (χ3n) is 6.32. The molecular weight excluding hydrogens is 329 g/mol. The summed E-state index contributed by atoms with van der Waals surface area (Å²) < 4.78 is 17.6. The van der Waals surface area contributed by atoms with Crippen LogP contribution in [0.15, 0.2) is 11.5 Å². The lowest BCUT2D eigenvalue weighted by atomic mass is 9.58. The number of hydrogen-bond acceptors (Lipinski definition) is 4. The number of ether oxygens (including phenoxy) is 1. The Kier molecular flexibility index (Phi) is 4.76. The Bertz CT molecular complexity index is 571. The van der Waals surface area contributed by atoms with Gasteiger partial charge in [0.15, 0.2) is 0 Å². The molecule has 2 heterocycles. The number of hydrogen-bond donors (Lipinski definition) is 0. The van der Waals surface area contributed by atoms with Crippen LogP contribution in [0, 0.1) is 5.41 Å². The quantitative estimate of drug-likeness (QED) is 0.650. The predicted molar refractivity (Wildman–Crippen MR) is 103 cm³/mol. The molecule has 0 aromatic heterocycles. The van der Waals surface area contributed by atoms with Gasteiger partial charge in [0, 0.05) is 13.1 Å². The van der Waals surface area contributed by atoms with Crippen molar-refractivity contribution in [3.8, 4) is 0 Å². The van der Waals surface area contributed by atoms with E-state index in [2.05, 4.69) is 33.7 Å². The molecule has 0 aromatic carbocycles. The SMILES string of the molecule is CC(C)(C)OC(=O)N1CCC2(CC1)CC(=CB1OC(C)(C)C(C)(C)O1)C2. The predicted octanol–water partition coefficient (Wildman–Crippen LogP) is 4.36. The zero-order chi connectivity index (χ0) is 19.4. The van der Waals surface area contributed by atoms with Gasteiger partial charge in [0.1, 0.15) is 5.60 Å². The topological polar surface area (TPSA) is 48.0 Å². The minimum Gasteiger partial charge on any atom is -0.444 e. The summed E-state index contributed by atoms with van der Waals surface area (Å²) in [7, 11) is -0.241. The molecule has 0 atom stereocenters. The molecule has 0 bridgehead atoms. The maximum Gasteiger partial charge on any atom is 0.487 e. The Labute approximate surface area is 158 Å². The van der Waals surface area contributed by atoms with Crippen molar-refractivity contribution in [3.05, 3.63) is 11.5 Å². The van der Waals surface area contributed by atoms with Gasteiger partial charge in [0.2, 0.25) is 0 Å². The van der Waals surface area contributed by atoms with Gasteiger partial charge >= 0.3 is 13.2 Å². The molecular formula is C20H34BNO4. The molecule has 0 N–H and O–H groups in total. The molecule has 3 rings (SSSR count). The van der Waals surface area contributed by atoms with Crippen LogP contribution in [0.5, 0.6) is 0 Å². The number of nitrogens with zero attached hydrogens (tertiary/aromatic N) is 1. The third-order valence-corrected chi connectivity index (χ3v) is 6.32. The fourth-order valence-electron chi connectivity index (χ4n) is 4.02. The molecule has 3 aliphatic rings. The van der Waals surface area contributed by atoms with Crippen LogP contribution >= 0.6 is 0 Å². The Balaban J connectivity index is 1.49. The number of carbonyl (C=O) groups is 1. The summed E-state index contributed by atoms with van der Waals surface area (Å²) in [6, 6.07) is 0. The highest BCUT2D eigenvalue weighted by Crippen LogP contribution is 2.52. The molecule has 146 valence electrons. The maximum atomic E-state index is 12.2. The lowest BCUT2D eigenvalue weighted by Gasteiger charge is -2.49. The van der Waals surface area contributed by atoms with Crippen molar-refractivity contribution in [3.63, 3.8) is 0 Å². The first-order valence-corrected chi connectivity index (χ1v) is 9.84. The van der Waals surface area contributed by atoms with Gasteiger partial charge in [-0.25, -0.2) is 4.79 Å². The molecule has 26 heavy (non-hydrogen) atoms. The van der Waals surface area contributed by atoms with Crippen LogP contribution in [0.4, 0.5) is 4.79 Å². The van der Waals surface area contributed by atoms with Crippen LogP contribution in [-0.4, -0.2) is 48.0 Å². The van der Waals surface area contributed by atoms with Gasteiger partial charge in [-0.15, -0.1) is 0 Å². The van der Waals surface area contributed by atoms with Crippen LogP contribution in [0.25, 0.3) is 0 Å². The van der Waals surface area contributed by atoms with Crippen molar-refractivity contribution >= 4 is 13.2 Å². The number of piperidine rings is 1. The number of amides is 1. The fourth-order valence-corrected chi connectivity index (χ4v) is 4.02. The van der Waals surface area contributed by atoms with E-state index in [1.165, 1.54) is 5.57 Å². The molecule has 1 saturated carbocycles. The largest absolute Gasteiger partial charge is 0.487 e. The van der Waals surface area contributed by atoms with Gasteiger partial charge in [-0.2, -0.15) is 0 Å². The normalized spacial score (nSPS) is 26.7. The molecule has 0 unspecified atom stereocenters. The molecule has 1 spiro atoms. The Morgan fingerprint density at radius 3 is 2.04 bits per heavy atom. The lowest BCUT2D eigenvalue weighted by Crippen LogP contribution is -2.48. The number of likely N-dealkylation sites (tertiary alicyclic amines) is 1. The van der Waals surface area contributed by atoms with Crippen molar-refractivity contribution in [2.75, 3.05) is 13.1 Å². The average molecular weight is 363 g/mol. The molecule has 3 fully saturated rings. The standard InChI is InChI=1S/C20H34BNO4/c1-17(2,3)24-16(23)22-10-8-20(9-11-22)12-15(13-20)14-21-25-18(4,5)19(6,7)26-21/h14H,8-13H2,1-7H3. The summed E-state index contributed by atoms with van der Waals surface area (Å²) in [6.45, 7) is 15.7. The van der Waals surface area contributed by atoms with Crippen molar-refractivity contribution in [2.24, 2.45) is 5.41 Å². The second kappa shape index (κ2) is 6.27. The van der Waals surface area contributed by atoms with Gasteiger partial charge in [0.05, 0.1) is 11.2 Å². The maximum absolute atomic E-state index is 12.2. The Morgan fingerprint density at radius 2 is 1.58 bits per heavy atom. The summed E-state index contributed by atoms with van der Waals surface area (Å²) in [5.41, 5.74) is 0.786. The lowest BCUT2D eigenvalue weighted by molar-refractivity contribution is 0.00434. The molecule has 6 heteroatoms. The average Bonchev–Trinajstić information content (AvgIpc) is 2.63. The van der Waals surface area contributed by atoms with E-state index in [-0.39, 0.29) is 24.4 Å². The molecule has 2 saturated heterocycles. The van der Waals surface area contributed by atoms with E-state index in [1.54, 1.807) is 0 Å². The highest BCUT2D eigenvalue weighted by molar-refractivity contribution is 6.51. The molecule has 5 nitrogen and oxygen atoms in total. The van der Waals surface area contributed by atoms with E-state index in [9.17, 15) is 4.79 Å². The van der Waals surface area contributed by atoms with Crippen molar-refractivity contribution in [1.29, 1.82) is 0 Å². The molecule has 0 radical (unpaired) electrons. The van der Waals surface area contributed by atoms with Crippen LogP contribution in [0.3, 0.4) is 0 Å². The highest BCUT2D eigenvalue weighted by atomic mass is 16.7. The first-order valence-electron chi connectivity index (χ1n) is 9.84. The van der Waals surface area contributed by atoms with E-state index in [1.807, 2.05) is 25.7 Å². The molecule has 1 amide bonds. The van der Waals surface area contributed by atoms with E-state index in [0.29, 0.717) is 5.41 Å². The highest BCUT2D eigenvalue weighted by Gasteiger charge is 2.51. The summed E-state index contributed by atoms with van der Waals surface area (Å²) in [6.07, 6.45) is 4.11. The van der Waals surface area contributed by atoms with Crippen LogP contribution in [-0.2, 0) is 14.0 Å². The summed E-state index contributed by atoms with van der Waals surface area (Å²) in [5, 5.41) is 0. The third kappa shape index (κ3) is 3.96.